The first kappa shape index (κ1) is 15.8. The van der Waals surface area contributed by atoms with E-state index in [0.717, 1.165) is 37.1 Å². The average molecular weight is 342 g/mol. The van der Waals surface area contributed by atoms with E-state index < -0.39 is 0 Å². The Labute approximate surface area is 146 Å². The number of hydrogen-bond acceptors (Lipinski definition) is 4. The third kappa shape index (κ3) is 2.98. The molecule has 1 aromatic heterocycles. The Balaban J connectivity index is 1.64. The monoisotopic (exact) mass is 342 g/mol. The van der Waals surface area contributed by atoms with Crippen LogP contribution in [0, 0.1) is 0 Å². The second-order valence-electron chi connectivity index (χ2n) is 6.61. The molecule has 0 radical (unpaired) electrons. The summed E-state index contributed by atoms with van der Waals surface area (Å²) in [5, 5.41) is 2.74. The number of carbonyl (C=O) groups excluding carboxylic acids is 1. The third-order valence-corrected chi connectivity index (χ3v) is 5.71. The Hall–Kier alpha value is -1.72. The molecule has 24 heavy (non-hydrogen) atoms. The number of carbonyl (C=O) groups is 1. The van der Waals surface area contributed by atoms with Gasteiger partial charge in [-0.3, -0.25) is 4.79 Å². The first-order valence-electron chi connectivity index (χ1n) is 8.61. The minimum atomic E-state index is 0.0813. The van der Waals surface area contributed by atoms with Gasteiger partial charge >= 0.3 is 0 Å². The first-order chi connectivity index (χ1) is 11.8. The Bertz CT molecular complexity index is 738. The SMILES string of the molecule is COCc1nc(C(=O)N(C2CC2)C2CCCc3ccccc32)cs1. The van der Waals surface area contributed by atoms with Crippen molar-refractivity contribution in [2.75, 3.05) is 7.11 Å². The largest absolute Gasteiger partial charge is 0.378 e. The highest BCUT2D eigenvalue weighted by Gasteiger charge is 2.40. The van der Waals surface area contributed by atoms with E-state index >= 15 is 0 Å². The van der Waals surface area contributed by atoms with Crippen molar-refractivity contribution >= 4 is 17.2 Å². The fourth-order valence-electron chi connectivity index (χ4n) is 3.66. The molecule has 2 aliphatic rings. The van der Waals surface area contributed by atoms with E-state index in [4.69, 9.17) is 4.74 Å². The second kappa shape index (κ2) is 6.65. The van der Waals surface area contributed by atoms with E-state index in [0.29, 0.717) is 18.3 Å². The fraction of sp³-hybridized carbons (Fsp3) is 0.474. The molecule has 1 unspecified atom stereocenters. The van der Waals surface area contributed by atoms with Crippen LogP contribution in [0.3, 0.4) is 0 Å². The van der Waals surface area contributed by atoms with Crippen molar-refractivity contribution < 1.29 is 9.53 Å². The van der Waals surface area contributed by atoms with Gasteiger partial charge in [0.05, 0.1) is 12.6 Å². The third-order valence-electron chi connectivity index (χ3n) is 4.89. The highest BCUT2D eigenvalue weighted by molar-refractivity contribution is 7.09. The van der Waals surface area contributed by atoms with Crippen LogP contribution in [-0.2, 0) is 17.8 Å². The number of thiazole rings is 1. The van der Waals surface area contributed by atoms with Crippen LogP contribution in [-0.4, -0.2) is 28.9 Å². The van der Waals surface area contributed by atoms with Crippen molar-refractivity contribution in [3.8, 4) is 0 Å². The fourth-order valence-corrected chi connectivity index (χ4v) is 4.40. The number of ether oxygens (including phenoxy) is 1. The summed E-state index contributed by atoms with van der Waals surface area (Å²) in [5.74, 6) is 0.0813. The highest BCUT2D eigenvalue weighted by atomic mass is 32.1. The molecule has 1 aromatic carbocycles. The highest BCUT2D eigenvalue weighted by Crippen LogP contribution is 2.41. The zero-order chi connectivity index (χ0) is 16.5. The van der Waals surface area contributed by atoms with Gasteiger partial charge in [0.2, 0.25) is 0 Å². The van der Waals surface area contributed by atoms with Gasteiger partial charge in [-0.1, -0.05) is 24.3 Å². The van der Waals surface area contributed by atoms with Gasteiger partial charge in [0.1, 0.15) is 10.7 Å². The van der Waals surface area contributed by atoms with Gasteiger partial charge in [0, 0.05) is 18.5 Å². The zero-order valence-electron chi connectivity index (χ0n) is 13.9. The molecule has 1 amide bonds. The number of aromatic nitrogens is 1. The molecule has 2 aromatic rings. The van der Waals surface area contributed by atoms with Gasteiger partial charge < -0.3 is 9.64 Å². The maximum absolute atomic E-state index is 13.2. The molecule has 1 saturated carbocycles. The van der Waals surface area contributed by atoms with Crippen LogP contribution < -0.4 is 0 Å². The van der Waals surface area contributed by atoms with Gasteiger partial charge in [0.25, 0.3) is 5.91 Å². The van der Waals surface area contributed by atoms with Crippen molar-refractivity contribution in [3.63, 3.8) is 0 Å². The summed E-state index contributed by atoms with van der Waals surface area (Å²) in [6.07, 6.45) is 5.53. The van der Waals surface area contributed by atoms with E-state index in [-0.39, 0.29) is 11.9 Å². The van der Waals surface area contributed by atoms with E-state index in [1.165, 1.54) is 22.5 Å². The van der Waals surface area contributed by atoms with Crippen molar-refractivity contribution in [3.05, 3.63) is 51.5 Å². The summed E-state index contributed by atoms with van der Waals surface area (Å²) < 4.78 is 5.13. The van der Waals surface area contributed by atoms with Crippen LogP contribution in [0.4, 0.5) is 0 Å². The molecule has 4 nitrogen and oxygen atoms in total. The molecule has 0 aliphatic heterocycles. The molecular weight excluding hydrogens is 320 g/mol. The summed E-state index contributed by atoms with van der Waals surface area (Å²) in [7, 11) is 1.65. The molecule has 126 valence electrons. The van der Waals surface area contributed by atoms with Crippen molar-refractivity contribution in [1.29, 1.82) is 0 Å². The zero-order valence-corrected chi connectivity index (χ0v) is 14.7. The minimum absolute atomic E-state index is 0.0813. The molecule has 0 bridgehead atoms. The second-order valence-corrected chi connectivity index (χ2v) is 7.55. The van der Waals surface area contributed by atoms with Crippen molar-refractivity contribution in [2.45, 2.75) is 50.8 Å². The lowest BCUT2D eigenvalue weighted by Gasteiger charge is -2.36. The van der Waals surface area contributed by atoms with Gasteiger partial charge in [-0.25, -0.2) is 4.98 Å². The van der Waals surface area contributed by atoms with Gasteiger partial charge in [-0.2, -0.15) is 0 Å². The molecule has 4 rings (SSSR count). The molecule has 1 fully saturated rings. The van der Waals surface area contributed by atoms with E-state index in [9.17, 15) is 4.79 Å². The van der Waals surface area contributed by atoms with Crippen molar-refractivity contribution in [1.82, 2.24) is 9.88 Å². The number of aryl methyl sites for hydroxylation is 1. The van der Waals surface area contributed by atoms with Crippen molar-refractivity contribution in [2.24, 2.45) is 0 Å². The van der Waals surface area contributed by atoms with E-state index in [2.05, 4.69) is 34.1 Å². The number of hydrogen-bond donors (Lipinski definition) is 0. The number of benzene rings is 1. The summed E-state index contributed by atoms with van der Waals surface area (Å²) in [4.78, 5) is 19.8. The predicted octanol–water partition coefficient (Wildman–Crippen LogP) is 3.97. The number of methoxy groups -OCH3 is 1. The summed E-state index contributed by atoms with van der Waals surface area (Å²) >= 11 is 1.50. The summed E-state index contributed by atoms with van der Waals surface area (Å²) in [6.45, 7) is 0.466. The Kier molecular flexibility index (Phi) is 4.37. The predicted molar refractivity (Wildman–Crippen MR) is 94.1 cm³/mol. The molecule has 2 aliphatic carbocycles. The number of amides is 1. The quantitative estimate of drug-likeness (QED) is 0.825. The lowest BCUT2D eigenvalue weighted by Crippen LogP contribution is -2.38. The first-order valence-corrected chi connectivity index (χ1v) is 9.49. The molecule has 0 saturated heterocycles. The van der Waals surface area contributed by atoms with Crippen LogP contribution in [0.25, 0.3) is 0 Å². The standard InChI is InChI=1S/C19H22N2O2S/c1-23-11-18-20-16(12-24-18)19(22)21(14-9-10-14)17-8-4-6-13-5-2-3-7-15(13)17/h2-3,5,7,12,14,17H,4,6,8-11H2,1H3. The van der Waals surface area contributed by atoms with Gasteiger partial charge in [-0.15, -0.1) is 11.3 Å². The molecule has 5 heteroatoms. The van der Waals surface area contributed by atoms with Gasteiger partial charge in [0.15, 0.2) is 0 Å². The maximum Gasteiger partial charge on any atom is 0.274 e. The van der Waals surface area contributed by atoms with E-state index in [1.807, 2.05) is 5.38 Å². The molecular formula is C19H22N2O2S. The lowest BCUT2D eigenvalue weighted by molar-refractivity contribution is 0.0632. The number of rotatable bonds is 5. The van der Waals surface area contributed by atoms with Crippen LogP contribution in [0.1, 0.15) is 58.3 Å². The molecule has 1 atom stereocenters. The Morgan fingerprint density at radius 3 is 2.96 bits per heavy atom. The molecule has 1 heterocycles. The number of nitrogens with zero attached hydrogens (tertiary/aromatic N) is 2. The van der Waals surface area contributed by atoms with Crippen LogP contribution in [0.2, 0.25) is 0 Å². The summed E-state index contributed by atoms with van der Waals surface area (Å²) in [5.41, 5.74) is 3.30. The van der Waals surface area contributed by atoms with Crippen LogP contribution >= 0.6 is 11.3 Å². The Morgan fingerprint density at radius 2 is 2.17 bits per heavy atom. The number of fused-ring (bicyclic) bond motifs is 1. The molecule has 0 N–H and O–H groups in total. The minimum Gasteiger partial charge on any atom is -0.378 e. The van der Waals surface area contributed by atoms with Crippen LogP contribution in [0.5, 0.6) is 0 Å². The normalized spacial score (nSPS) is 19.8. The lowest BCUT2D eigenvalue weighted by atomic mass is 9.86. The van der Waals surface area contributed by atoms with E-state index in [1.54, 1.807) is 7.11 Å². The average Bonchev–Trinajstić information content (AvgIpc) is 3.33. The maximum atomic E-state index is 13.2. The topological polar surface area (TPSA) is 42.4 Å². The van der Waals surface area contributed by atoms with Gasteiger partial charge in [-0.05, 0) is 43.2 Å². The summed E-state index contributed by atoms with van der Waals surface area (Å²) in [6, 6.07) is 9.16. The van der Waals surface area contributed by atoms with Crippen LogP contribution in [0.15, 0.2) is 29.6 Å². The Morgan fingerprint density at radius 1 is 1.33 bits per heavy atom. The smallest absolute Gasteiger partial charge is 0.274 e. The molecule has 0 spiro atoms.